The number of unbranched alkanes of at least 4 members (excludes halogenated alkanes) is 1. The molecule has 30 heavy (non-hydrogen) atoms. The summed E-state index contributed by atoms with van der Waals surface area (Å²) < 4.78 is 39.2. The zero-order valence-electron chi connectivity index (χ0n) is 17.8. The van der Waals surface area contributed by atoms with Crippen molar-refractivity contribution in [3.8, 4) is 11.5 Å². The van der Waals surface area contributed by atoms with E-state index in [0.29, 0.717) is 23.6 Å². The first-order valence-corrected chi connectivity index (χ1v) is 11.5. The largest absolute Gasteiger partial charge is 0.493 e. The highest BCUT2D eigenvalue weighted by Crippen LogP contribution is 2.32. The van der Waals surface area contributed by atoms with E-state index in [1.165, 1.54) is 20.4 Å². The molecule has 0 saturated carbocycles. The Morgan fingerprint density at radius 3 is 2.17 bits per heavy atom. The first kappa shape index (κ1) is 21.9. The summed E-state index contributed by atoms with van der Waals surface area (Å²) in [7, 11) is -0.968. The van der Waals surface area contributed by atoms with Crippen LogP contribution in [0, 0.1) is 0 Å². The van der Waals surface area contributed by atoms with Crippen LogP contribution in [0.15, 0.2) is 57.2 Å². The minimum Gasteiger partial charge on any atom is -0.493 e. The van der Waals surface area contributed by atoms with Crippen LogP contribution in [0.2, 0.25) is 0 Å². The predicted molar refractivity (Wildman–Crippen MR) is 117 cm³/mol. The molecule has 0 aliphatic rings. The molecule has 1 heterocycles. The lowest BCUT2D eigenvalue weighted by molar-refractivity contribution is 0.355. The number of sulfone groups is 1. The summed E-state index contributed by atoms with van der Waals surface area (Å²) in [5, 5.41) is 0.287. The highest BCUT2D eigenvalue weighted by atomic mass is 32.2. The molecule has 0 N–H and O–H groups in total. The Morgan fingerprint density at radius 2 is 1.60 bits per heavy atom. The second-order valence-corrected chi connectivity index (χ2v) is 9.01. The number of ether oxygens (including phenoxy) is 2. The number of hydrogen-bond donors (Lipinski definition) is 0. The Morgan fingerprint density at radius 1 is 0.967 bits per heavy atom. The Kier molecular flexibility index (Phi) is 6.51. The highest BCUT2D eigenvalue weighted by molar-refractivity contribution is 7.91. The molecule has 0 atom stereocenters. The van der Waals surface area contributed by atoms with E-state index >= 15 is 0 Å². The van der Waals surface area contributed by atoms with E-state index in [0.717, 1.165) is 24.8 Å². The van der Waals surface area contributed by atoms with Gasteiger partial charge in [-0.25, -0.2) is 8.42 Å². The van der Waals surface area contributed by atoms with Crippen LogP contribution >= 0.6 is 0 Å². The van der Waals surface area contributed by atoms with Crippen molar-refractivity contribution in [3.05, 3.63) is 58.4 Å². The molecule has 0 bridgehead atoms. The molecule has 1 aromatic heterocycles. The van der Waals surface area contributed by atoms with Gasteiger partial charge >= 0.3 is 0 Å². The Bertz CT molecular complexity index is 1210. The average molecular weight is 430 g/mol. The summed E-state index contributed by atoms with van der Waals surface area (Å²) in [6.45, 7) is 4.64. The third-order valence-corrected chi connectivity index (χ3v) is 7.00. The molecule has 0 fully saturated rings. The fraction of sp³-hybridized carbons (Fsp3) is 0.348. The minimum atomic E-state index is -3.97. The number of aromatic nitrogens is 1. The monoisotopic (exact) mass is 429 g/mol. The summed E-state index contributed by atoms with van der Waals surface area (Å²) in [6.07, 6.45) is 4.04. The van der Waals surface area contributed by atoms with E-state index in [1.54, 1.807) is 36.4 Å². The van der Waals surface area contributed by atoms with E-state index in [2.05, 4.69) is 6.92 Å². The molecule has 0 amide bonds. The van der Waals surface area contributed by atoms with Gasteiger partial charge in [0.15, 0.2) is 11.5 Å². The van der Waals surface area contributed by atoms with Crippen LogP contribution in [0.5, 0.6) is 11.5 Å². The minimum absolute atomic E-state index is 0.110. The molecule has 160 valence electrons. The molecule has 6 nitrogen and oxygen atoms in total. The van der Waals surface area contributed by atoms with E-state index in [1.807, 2.05) is 11.5 Å². The van der Waals surface area contributed by atoms with Crippen molar-refractivity contribution in [2.75, 3.05) is 14.2 Å². The van der Waals surface area contributed by atoms with Gasteiger partial charge in [-0.15, -0.1) is 0 Å². The van der Waals surface area contributed by atoms with Crippen LogP contribution in [-0.2, 0) is 22.8 Å². The number of benzene rings is 2. The number of pyridine rings is 1. The van der Waals surface area contributed by atoms with Crippen molar-refractivity contribution in [1.29, 1.82) is 0 Å². The van der Waals surface area contributed by atoms with Gasteiger partial charge in [-0.1, -0.05) is 32.4 Å². The summed E-state index contributed by atoms with van der Waals surface area (Å²) in [4.78, 5) is 13.2. The van der Waals surface area contributed by atoms with Crippen molar-refractivity contribution in [3.63, 3.8) is 0 Å². The molecule has 0 radical (unpaired) electrons. The maximum Gasteiger partial charge on any atom is 0.211 e. The Hall–Kier alpha value is -2.80. The van der Waals surface area contributed by atoms with Gasteiger partial charge in [0.1, 0.15) is 4.90 Å². The lowest BCUT2D eigenvalue weighted by Crippen LogP contribution is -2.19. The van der Waals surface area contributed by atoms with E-state index < -0.39 is 15.3 Å². The lowest BCUT2D eigenvalue weighted by atomic mass is 10.1. The first-order valence-electron chi connectivity index (χ1n) is 10.0. The van der Waals surface area contributed by atoms with Gasteiger partial charge in [-0.05, 0) is 36.6 Å². The molecule has 0 unspecified atom stereocenters. The Labute approximate surface area is 177 Å². The van der Waals surface area contributed by atoms with E-state index in [9.17, 15) is 13.2 Å². The van der Waals surface area contributed by atoms with Crippen LogP contribution in [0.25, 0.3) is 10.9 Å². The van der Waals surface area contributed by atoms with Gasteiger partial charge in [0.2, 0.25) is 15.3 Å². The predicted octanol–water partition coefficient (Wildman–Crippen LogP) is 4.21. The number of aryl methyl sites for hydroxylation is 2. The highest BCUT2D eigenvalue weighted by Gasteiger charge is 2.24. The second kappa shape index (κ2) is 8.92. The topological polar surface area (TPSA) is 74.6 Å². The van der Waals surface area contributed by atoms with Crippen LogP contribution in [0.3, 0.4) is 0 Å². The normalized spacial score (nSPS) is 11.6. The van der Waals surface area contributed by atoms with Gasteiger partial charge in [0.05, 0.1) is 30.0 Å². The fourth-order valence-corrected chi connectivity index (χ4v) is 4.79. The molecule has 2 aromatic carbocycles. The SMILES string of the molecule is CCCCn1cc(S(=O)(=O)c2ccc(CC)cc2)c(=O)c2cc(OC)c(OC)cc21. The first-order chi connectivity index (χ1) is 14.4. The Balaban J connectivity index is 2.30. The molecule has 0 spiro atoms. The van der Waals surface area contributed by atoms with Crippen LogP contribution < -0.4 is 14.9 Å². The molecule has 3 aromatic rings. The third-order valence-electron chi connectivity index (χ3n) is 5.24. The molecule has 7 heteroatoms. The lowest BCUT2D eigenvalue weighted by Gasteiger charge is -2.16. The summed E-state index contributed by atoms with van der Waals surface area (Å²) >= 11 is 0. The molecular formula is C23H27NO5S. The zero-order chi connectivity index (χ0) is 21.9. The zero-order valence-corrected chi connectivity index (χ0v) is 18.6. The number of fused-ring (bicyclic) bond motifs is 1. The molecule has 3 rings (SSSR count). The van der Waals surface area contributed by atoms with Gasteiger partial charge in [-0.3, -0.25) is 4.79 Å². The smallest absolute Gasteiger partial charge is 0.211 e. The quantitative estimate of drug-likeness (QED) is 0.536. The van der Waals surface area contributed by atoms with Gasteiger partial charge in [0, 0.05) is 18.8 Å². The third kappa shape index (κ3) is 3.94. The average Bonchev–Trinajstić information content (AvgIpc) is 2.77. The van der Waals surface area contributed by atoms with Crippen molar-refractivity contribution in [2.24, 2.45) is 0 Å². The standard InChI is InChI=1S/C23H27NO5S/c1-5-7-12-24-15-22(30(26,27)17-10-8-16(6-2)9-11-17)23(25)18-13-20(28-3)21(29-4)14-19(18)24/h8-11,13-15H,5-7,12H2,1-4H3. The van der Waals surface area contributed by atoms with Crippen molar-refractivity contribution in [1.82, 2.24) is 4.57 Å². The van der Waals surface area contributed by atoms with Gasteiger partial charge in [0.25, 0.3) is 0 Å². The molecular weight excluding hydrogens is 402 g/mol. The summed E-state index contributed by atoms with van der Waals surface area (Å²) in [6, 6.07) is 9.94. The van der Waals surface area contributed by atoms with E-state index in [4.69, 9.17) is 9.47 Å². The molecule has 0 aliphatic carbocycles. The van der Waals surface area contributed by atoms with E-state index in [-0.39, 0.29) is 15.2 Å². The maximum absolute atomic E-state index is 13.3. The summed E-state index contributed by atoms with van der Waals surface area (Å²) in [5.74, 6) is 0.867. The fourth-order valence-electron chi connectivity index (χ4n) is 3.43. The molecule has 0 saturated heterocycles. The van der Waals surface area contributed by atoms with Gasteiger partial charge in [-0.2, -0.15) is 0 Å². The number of rotatable bonds is 8. The van der Waals surface area contributed by atoms with Crippen molar-refractivity contribution in [2.45, 2.75) is 49.4 Å². The van der Waals surface area contributed by atoms with Crippen molar-refractivity contribution >= 4 is 20.7 Å². The number of hydrogen-bond acceptors (Lipinski definition) is 5. The second-order valence-electron chi connectivity index (χ2n) is 7.09. The number of methoxy groups -OCH3 is 2. The molecule has 0 aliphatic heterocycles. The van der Waals surface area contributed by atoms with Crippen LogP contribution in [0.4, 0.5) is 0 Å². The van der Waals surface area contributed by atoms with Gasteiger partial charge < -0.3 is 14.0 Å². The van der Waals surface area contributed by atoms with Crippen LogP contribution in [-0.4, -0.2) is 27.2 Å². The number of nitrogens with zero attached hydrogens (tertiary/aromatic N) is 1. The van der Waals surface area contributed by atoms with Crippen molar-refractivity contribution < 1.29 is 17.9 Å². The maximum atomic E-state index is 13.3. The summed E-state index contributed by atoms with van der Waals surface area (Å²) in [5.41, 5.74) is 1.11. The van der Waals surface area contributed by atoms with Crippen LogP contribution in [0.1, 0.15) is 32.3 Å².